The van der Waals surface area contributed by atoms with E-state index in [9.17, 15) is 4.79 Å². The highest BCUT2D eigenvalue weighted by molar-refractivity contribution is 5.86. The molecule has 0 spiro atoms. The van der Waals surface area contributed by atoms with E-state index < -0.39 is 0 Å². The average Bonchev–Trinajstić information content (AvgIpc) is 2.79. The molecular formula is C26H18O3. The van der Waals surface area contributed by atoms with E-state index in [0.717, 1.165) is 21.9 Å². The molecule has 0 unspecified atom stereocenters. The SMILES string of the molecule is O=c1c(OCc2cccc3ccccc23)c(-c2ccccc2)oc2ccccc12. The van der Waals surface area contributed by atoms with Crippen LogP contribution in [0.2, 0.25) is 0 Å². The van der Waals surface area contributed by atoms with Crippen LogP contribution in [0.25, 0.3) is 33.1 Å². The van der Waals surface area contributed by atoms with Gasteiger partial charge in [0.05, 0.1) is 5.39 Å². The molecule has 0 saturated heterocycles. The van der Waals surface area contributed by atoms with Crippen LogP contribution in [0.4, 0.5) is 0 Å². The van der Waals surface area contributed by atoms with Gasteiger partial charge in [-0.25, -0.2) is 0 Å². The van der Waals surface area contributed by atoms with Crippen molar-refractivity contribution in [2.45, 2.75) is 6.61 Å². The molecule has 0 saturated carbocycles. The minimum Gasteiger partial charge on any atom is -0.481 e. The van der Waals surface area contributed by atoms with E-state index in [1.807, 2.05) is 66.7 Å². The summed E-state index contributed by atoms with van der Waals surface area (Å²) in [4.78, 5) is 13.2. The van der Waals surface area contributed by atoms with Crippen molar-refractivity contribution in [2.75, 3.05) is 0 Å². The summed E-state index contributed by atoms with van der Waals surface area (Å²) < 4.78 is 12.2. The molecule has 140 valence electrons. The number of hydrogen-bond acceptors (Lipinski definition) is 3. The van der Waals surface area contributed by atoms with E-state index in [-0.39, 0.29) is 17.8 Å². The molecule has 0 bridgehead atoms. The predicted octanol–water partition coefficient (Wildman–Crippen LogP) is 6.19. The molecular weight excluding hydrogens is 360 g/mol. The second-order valence-corrected chi connectivity index (χ2v) is 6.88. The van der Waals surface area contributed by atoms with Crippen molar-refractivity contribution >= 4 is 21.7 Å². The fourth-order valence-corrected chi connectivity index (χ4v) is 3.60. The smallest absolute Gasteiger partial charge is 0.235 e. The summed E-state index contributed by atoms with van der Waals surface area (Å²) in [6, 6.07) is 31.1. The van der Waals surface area contributed by atoms with Crippen LogP contribution in [0, 0.1) is 0 Å². The first-order valence-electron chi connectivity index (χ1n) is 9.52. The number of rotatable bonds is 4. The lowest BCUT2D eigenvalue weighted by Crippen LogP contribution is -2.10. The van der Waals surface area contributed by atoms with Gasteiger partial charge in [-0.2, -0.15) is 0 Å². The average molecular weight is 378 g/mol. The van der Waals surface area contributed by atoms with Gasteiger partial charge in [0.25, 0.3) is 0 Å². The van der Waals surface area contributed by atoms with Crippen LogP contribution >= 0.6 is 0 Å². The molecule has 4 aromatic carbocycles. The standard InChI is InChI=1S/C26H18O3/c27-24-22-15-6-7-16-23(22)29-25(19-10-2-1-3-11-19)26(24)28-17-20-13-8-12-18-9-4-5-14-21(18)20/h1-16H,17H2. The molecule has 0 aliphatic carbocycles. The number of benzene rings is 4. The van der Waals surface area contributed by atoms with Crippen LogP contribution in [0.1, 0.15) is 5.56 Å². The molecule has 0 aliphatic rings. The van der Waals surface area contributed by atoms with Crippen molar-refractivity contribution in [3.63, 3.8) is 0 Å². The van der Waals surface area contributed by atoms with Crippen LogP contribution in [0.15, 0.2) is 106 Å². The van der Waals surface area contributed by atoms with Gasteiger partial charge < -0.3 is 9.15 Å². The van der Waals surface area contributed by atoms with E-state index in [2.05, 4.69) is 18.2 Å². The highest BCUT2D eigenvalue weighted by Gasteiger charge is 2.18. The van der Waals surface area contributed by atoms with Gasteiger partial charge in [-0.05, 0) is 28.5 Å². The zero-order chi connectivity index (χ0) is 19.6. The van der Waals surface area contributed by atoms with Crippen molar-refractivity contribution in [1.82, 2.24) is 0 Å². The molecule has 0 N–H and O–H groups in total. The highest BCUT2D eigenvalue weighted by Crippen LogP contribution is 2.31. The Morgan fingerprint density at radius 1 is 0.690 bits per heavy atom. The first-order valence-corrected chi connectivity index (χ1v) is 9.52. The summed E-state index contributed by atoms with van der Waals surface area (Å²) in [6.07, 6.45) is 0. The Morgan fingerprint density at radius 3 is 2.24 bits per heavy atom. The Morgan fingerprint density at radius 2 is 1.38 bits per heavy atom. The third-order valence-corrected chi connectivity index (χ3v) is 5.04. The maximum Gasteiger partial charge on any atom is 0.235 e. The van der Waals surface area contributed by atoms with Crippen LogP contribution in [-0.4, -0.2) is 0 Å². The number of ether oxygens (including phenoxy) is 1. The zero-order valence-electron chi connectivity index (χ0n) is 15.7. The van der Waals surface area contributed by atoms with E-state index >= 15 is 0 Å². The second kappa shape index (κ2) is 7.28. The van der Waals surface area contributed by atoms with Crippen molar-refractivity contribution in [1.29, 1.82) is 0 Å². The van der Waals surface area contributed by atoms with Gasteiger partial charge in [0.2, 0.25) is 11.2 Å². The molecule has 1 heterocycles. The lowest BCUT2D eigenvalue weighted by atomic mass is 10.1. The molecule has 0 aliphatic heterocycles. The van der Waals surface area contributed by atoms with Crippen molar-refractivity contribution in [2.24, 2.45) is 0 Å². The summed E-state index contributed by atoms with van der Waals surface area (Å²) >= 11 is 0. The van der Waals surface area contributed by atoms with E-state index in [1.165, 1.54) is 0 Å². The molecule has 1 aromatic heterocycles. The van der Waals surface area contributed by atoms with Gasteiger partial charge in [0, 0.05) is 5.56 Å². The van der Waals surface area contributed by atoms with Gasteiger partial charge in [0.1, 0.15) is 12.2 Å². The van der Waals surface area contributed by atoms with Crippen molar-refractivity contribution in [3.8, 4) is 17.1 Å². The quantitative estimate of drug-likeness (QED) is 0.374. The summed E-state index contributed by atoms with van der Waals surface area (Å²) in [6.45, 7) is 0.282. The highest BCUT2D eigenvalue weighted by atomic mass is 16.5. The first-order chi connectivity index (χ1) is 14.3. The second-order valence-electron chi connectivity index (χ2n) is 6.88. The minimum absolute atomic E-state index is 0.161. The van der Waals surface area contributed by atoms with E-state index in [4.69, 9.17) is 9.15 Å². The minimum atomic E-state index is -0.161. The lowest BCUT2D eigenvalue weighted by molar-refractivity contribution is 0.299. The number of para-hydroxylation sites is 1. The van der Waals surface area contributed by atoms with Crippen LogP contribution in [0.5, 0.6) is 5.75 Å². The zero-order valence-corrected chi connectivity index (χ0v) is 15.7. The summed E-state index contributed by atoms with van der Waals surface area (Å²) in [5, 5.41) is 2.77. The fraction of sp³-hybridized carbons (Fsp3) is 0.0385. The Hall–Kier alpha value is -3.85. The van der Waals surface area contributed by atoms with Crippen LogP contribution in [0.3, 0.4) is 0 Å². The summed E-state index contributed by atoms with van der Waals surface area (Å²) in [5.74, 6) is 0.692. The van der Waals surface area contributed by atoms with Gasteiger partial charge >= 0.3 is 0 Å². The van der Waals surface area contributed by atoms with Gasteiger partial charge in [0.15, 0.2) is 5.76 Å². The Kier molecular flexibility index (Phi) is 4.34. The topological polar surface area (TPSA) is 39.4 Å². The third-order valence-electron chi connectivity index (χ3n) is 5.04. The first kappa shape index (κ1) is 17.3. The fourth-order valence-electron chi connectivity index (χ4n) is 3.60. The number of hydrogen-bond donors (Lipinski definition) is 0. The van der Waals surface area contributed by atoms with Gasteiger partial charge in [-0.1, -0.05) is 84.9 Å². The summed E-state index contributed by atoms with van der Waals surface area (Å²) in [5.41, 5.74) is 2.22. The maximum absolute atomic E-state index is 13.2. The molecule has 3 nitrogen and oxygen atoms in total. The van der Waals surface area contributed by atoms with Crippen LogP contribution < -0.4 is 10.2 Å². The van der Waals surface area contributed by atoms with Crippen molar-refractivity contribution < 1.29 is 9.15 Å². The molecule has 29 heavy (non-hydrogen) atoms. The predicted molar refractivity (Wildman–Crippen MR) is 116 cm³/mol. The molecule has 3 heteroatoms. The van der Waals surface area contributed by atoms with Gasteiger partial charge in [-0.3, -0.25) is 4.79 Å². The van der Waals surface area contributed by atoms with Crippen LogP contribution in [-0.2, 0) is 6.61 Å². The largest absolute Gasteiger partial charge is 0.481 e. The Bertz CT molecular complexity index is 1360. The Balaban J connectivity index is 1.63. The summed E-state index contributed by atoms with van der Waals surface area (Å²) in [7, 11) is 0. The van der Waals surface area contributed by atoms with E-state index in [0.29, 0.717) is 16.7 Å². The molecule has 5 rings (SSSR count). The Labute approximate surface area is 167 Å². The number of fused-ring (bicyclic) bond motifs is 2. The maximum atomic E-state index is 13.2. The van der Waals surface area contributed by atoms with Crippen molar-refractivity contribution in [3.05, 3.63) is 113 Å². The lowest BCUT2D eigenvalue weighted by Gasteiger charge is -2.13. The molecule has 0 radical (unpaired) electrons. The third kappa shape index (κ3) is 3.17. The van der Waals surface area contributed by atoms with E-state index in [1.54, 1.807) is 12.1 Å². The normalized spacial score (nSPS) is 11.0. The molecule has 0 atom stereocenters. The molecule has 0 amide bonds. The molecule has 0 fully saturated rings. The molecule has 5 aromatic rings. The monoisotopic (exact) mass is 378 g/mol. The van der Waals surface area contributed by atoms with Gasteiger partial charge in [-0.15, -0.1) is 0 Å².